The highest BCUT2D eigenvalue weighted by Crippen LogP contribution is 2.26. The normalized spacial score (nSPS) is 10.9. The van der Waals surface area contributed by atoms with Crippen molar-refractivity contribution in [3.05, 3.63) is 48.3 Å². The van der Waals surface area contributed by atoms with Gasteiger partial charge in [-0.2, -0.15) is 0 Å². The minimum Gasteiger partial charge on any atom is -0.497 e. The number of nitrogens with one attached hydrogen (secondary N) is 1. The Labute approximate surface area is 130 Å². The van der Waals surface area contributed by atoms with Gasteiger partial charge in [0.05, 0.1) is 18.5 Å². The van der Waals surface area contributed by atoms with Crippen molar-refractivity contribution in [2.45, 2.75) is 20.3 Å². The van der Waals surface area contributed by atoms with E-state index in [-0.39, 0.29) is 0 Å². The maximum absolute atomic E-state index is 5.21. The molecule has 22 heavy (non-hydrogen) atoms. The van der Waals surface area contributed by atoms with Crippen LogP contribution in [0.4, 0.5) is 5.69 Å². The molecule has 0 aliphatic heterocycles. The number of anilines is 1. The third-order valence-corrected chi connectivity index (χ3v) is 3.80. The van der Waals surface area contributed by atoms with Gasteiger partial charge in [-0.05, 0) is 49.7 Å². The van der Waals surface area contributed by atoms with Crippen LogP contribution in [0.1, 0.15) is 19.0 Å². The number of fused-ring (bicyclic) bond motifs is 1. The zero-order valence-electron chi connectivity index (χ0n) is 13.3. The van der Waals surface area contributed by atoms with Crippen LogP contribution in [0.25, 0.3) is 16.9 Å². The van der Waals surface area contributed by atoms with Crippen molar-refractivity contribution < 1.29 is 4.74 Å². The molecule has 3 rings (SSSR count). The largest absolute Gasteiger partial charge is 0.497 e. The van der Waals surface area contributed by atoms with Crippen LogP contribution in [0.3, 0.4) is 0 Å². The molecule has 0 atom stereocenters. The Kier molecular flexibility index (Phi) is 4.00. The molecule has 0 saturated heterocycles. The standard InChI is InChI=1S/C18H21N3O/c1-4-11-19-15-7-10-17-20-18(13(2)21(17)12-15)14-5-8-16(22-3)9-6-14/h5-10,12,19H,4,11H2,1-3H3. The van der Waals surface area contributed by atoms with Crippen molar-refractivity contribution in [2.75, 3.05) is 19.0 Å². The topological polar surface area (TPSA) is 38.6 Å². The third-order valence-electron chi connectivity index (χ3n) is 3.80. The molecule has 0 saturated carbocycles. The van der Waals surface area contributed by atoms with Crippen molar-refractivity contribution in [1.29, 1.82) is 0 Å². The molecule has 4 nitrogen and oxygen atoms in total. The molecule has 0 radical (unpaired) electrons. The number of imidazole rings is 1. The minimum absolute atomic E-state index is 0.858. The van der Waals surface area contributed by atoms with Gasteiger partial charge in [-0.1, -0.05) is 6.92 Å². The summed E-state index contributed by atoms with van der Waals surface area (Å²) in [4.78, 5) is 4.75. The number of hydrogen-bond donors (Lipinski definition) is 1. The van der Waals surface area contributed by atoms with Crippen LogP contribution in [0, 0.1) is 6.92 Å². The van der Waals surface area contributed by atoms with Crippen molar-refractivity contribution in [3.8, 4) is 17.0 Å². The number of aryl methyl sites for hydroxylation is 1. The van der Waals surface area contributed by atoms with E-state index in [1.165, 1.54) is 0 Å². The number of methoxy groups -OCH3 is 1. The molecule has 0 amide bonds. The lowest BCUT2D eigenvalue weighted by Gasteiger charge is -2.06. The average Bonchev–Trinajstić information content (AvgIpc) is 2.89. The number of ether oxygens (including phenoxy) is 1. The van der Waals surface area contributed by atoms with Gasteiger partial charge in [0.2, 0.25) is 0 Å². The van der Waals surface area contributed by atoms with E-state index in [4.69, 9.17) is 9.72 Å². The Morgan fingerprint density at radius 2 is 1.91 bits per heavy atom. The van der Waals surface area contributed by atoms with Gasteiger partial charge in [0, 0.05) is 24.0 Å². The number of pyridine rings is 1. The Morgan fingerprint density at radius 1 is 1.14 bits per heavy atom. The number of rotatable bonds is 5. The second-order valence-electron chi connectivity index (χ2n) is 5.35. The van der Waals surface area contributed by atoms with Gasteiger partial charge in [-0.3, -0.25) is 0 Å². The monoisotopic (exact) mass is 295 g/mol. The molecule has 2 heterocycles. The molecule has 0 fully saturated rings. The highest BCUT2D eigenvalue weighted by molar-refractivity contribution is 5.68. The van der Waals surface area contributed by atoms with Crippen LogP contribution < -0.4 is 10.1 Å². The van der Waals surface area contributed by atoms with E-state index in [1.54, 1.807) is 7.11 Å². The first-order valence-electron chi connectivity index (χ1n) is 7.60. The van der Waals surface area contributed by atoms with E-state index >= 15 is 0 Å². The highest BCUT2D eigenvalue weighted by atomic mass is 16.5. The summed E-state index contributed by atoms with van der Waals surface area (Å²) < 4.78 is 7.35. The first-order chi connectivity index (χ1) is 10.7. The summed E-state index contributed by atoms with van der Waals surface area (Å²) >= 11 is 0. The van der Waals surface area contributed by atoms with E-state index in [2.05, 4.69) is 41.9 Å². The van der Waals surface area contributed by atoms with Gasteiger partial charge in [-0.25, -0.2) is 4.98 Å². The van der Waals surface area contributed by atoms with Gasteiger partial charge < -0.3 is 14.5 Å². The van der Waals surface area contributed by atoms with Gasteiger partial charge in [0.1, 0.15) is 11.4 Å². The minimum atomic E-state index is 0.858. The van der Waals surface area contributed by atoms with Crippen LogP contribution in [-0.4, -0.2) is 23.0 Å². The molecule has 2 aromatic heterocycles. The molecule has 0 bridgehead atoms. The van der Waals surface area contributed by atoms with Crippen molar-refractivity contribution in [1.82, 2.24) is 9.38 Å². The fraction of sp³-hybridized carbons (Fsp3) is 0.278. The fourth-order valence-corrected chi connectivity index (χ4v) is 2.56. The molecule has 1 N–H and O–H groups in total. The molecule has 3 aromatic rings. The van der Waals surface area contributed by atoms with Gasteiger partial charge in [0.15, 0.2) is 0 Å². The predicted octanol–water partition coefficient (Wildman–Crippen LogP) is 4.14. The van der Waals surface area contributed by atoms with Crippen molar-refractivity contribution >= 4 is 11.3 Å². The van der Waals surface area contributed by atoms with Gasteiger partial charge >= 0.3 is 0 Å². The molecule has 1 aromatic carbocycles. The summed E-state index contributed by atoms with van der Waals surface area (Å²) in [6.45, 7) is 5.24. The van der Waals surface area contributed by atoms with Crippen LogP contribution in [0.2, 0.25) is 0 Å². The summed E-state index contributed by atoms with van der Waals surface area (Å²) in [5.74, 6) is 0.858. The van der Waals surface area contributed by atoms with Crippen LogP contribution >= 0.6 is 0 Å². The number of benzene rings is 1. The Morgan fingerprint density at radius 3 is 2.59 bits per heavy atom. The predicted molar refractivity (Wildman–Crippen MR) is 90.7 cm³/mol. The summed E-state index contributed by atoms with van der Waals surface area (Å²) in [5, 5.41) is 3.41. The number of hydrogen-bond acceptors (Lipinski definition) is 3. The first kappa shape index (κ1) is 14.4. The Hall–Kier alpha value is -2.49. The zero-order valence-corrected chi connectivity index (χ0v) is 13.3. The summed E-state index contributed by atoms with van der Waals surface area (Å²) in [6.07, 6.45) is 3.22. The highest BCUT2D eigenvalue weighted by Gasteiger charge is 2.10. The molecule has 0 spiro atoms. The second-order valence-corrected chi connectivity index (χ2v) is 5.35. The van der Waals surface area contributed by atoms with Crippen LogP contribution in [0.5, 0.6) is 5.75 Å². The van der Waals surface area contributed by atoms with Crippen molar-refractivity contribution in [2.24, 2.45) is 0 Å². The van der Waals surface area contributed by atoms with Gasteiger partial charge in [0.25, 0.3) is 0 Å². The van der Waals surface area contributed by atoms with Crippen LogP contribution in [-0.2, 0) is 0 Å². The summed E-state index contributed by atoms with van der Waals surface area (Å²) in [5.41, 5.74) is 5.34. The van der Waals surface area contributed by atoms with Crippen molar-refractivity contribution in [3.63, 3.8) is 0 Å². The van der Waals surface area contributed by atoms with E-state index in [0.29, 0.717) is 0 Å². The number of aromatic nitrogens is 2. The molecule has 0 aliphatic carbocycles. The molecule has 0 unspecified atom stereocenters. The van der Waals surface area contributed by atoms with Crippen LogP contribution in [0.15, 0.2) is 42.6 Å². The second kappa shape index (κ2) is 6.10. The van der Waals surface area contributed by atoms with E-state index in [9.17, 15) is 0 Å². The lowest BCUT2D eigenvalue weighted by atomic mass is 10.1. The summed E-state index contributed by atoms with van der Waals surface area (Å²) in [6, 6.07) is 12.2. The average molecular weight is 295 g/mol. The molecule has 4 heteroatoms. The quantitative estimate of drug-likeness (QED) is 0.769. The number of nitrogens with zero attached hydrogens (tertiary/aromatic N) is 2. The Balaban J connectivity index is 2.01. The molecular weight excluding hydrogens is 274 g/mol. The maximum Gasteiger partial charge on any atom is 0.137 e. The SMILES string of the molecule is CCCNc1ccc2nc(-c3ccc(OC)cc3)c(C)n2c1. The lowest BCUT2D eigenvalue weighted by Crippen LogP contribution is -2.01. The maximum atomic E-state index is 5.21. The van der Waals surface area contributed by atoms with E-state index < -0.39 is 0 Å². The Bertz CT molecular complexity index is 775. The lowest BCUT2D eigenvalue weighted by molar-refractivity contribution is 0.415. The fourth-order valence-electron chi connectivity index (χ4n) is 2.56. The van der Waals surface area contributed by atoms with Gasteiger partial charge in [-0.15, -0.1) is 0 Å². The van der Waals surface area contributed by atoms with E-state index in [1.807, 2.05) is 24.3 Å². The molecular formula is C18H21N3O. The van der Waals surface area contributed by atoms with E-state index in [0.717, 1.165) is 47.0 Å². The molecule has 114 valence electrons. The molecule has 0 aliphatic rings. The third kappa shape index (κ3) is 2.64. The first-order valence-corrected chi connectivity index (χ1v) is 7.60. The smallest absolute Gasteiger partial charge is 0.137 e. The summed E-state index contributed by atoms with van der Waals surface area (Å²) in [7, 11) is 1.68. The zero-order chi connectivity index (χ0) is 15.5.